The van der Waals surface area contributed by atoms with E-state index in [1.165, 1.54) is 6.21 Å². The van der Waals surface area contributed by atoms with Crippen molar-refractivity contribution < 1.29 is 9.90 Å². The lowest BCUT2D eigenvalue weighted by Gasteiger charge is -2.02. The van der Waals surface area contributed by atoms with Gasteiger partial charge < -0.3 is 5.11 Å². The number of nitrogens with one attached hydrogen (secondary N) is 2. The first kappa shape index (κ1) is 15.2. The summed E-state index contributed by atoms with van der Waals surface area (Å²) in [6.07, 6.45) is 3.65. The lowest BCUT2D eigenvalue weighted by molar-refractivity contribution is 0.0950. The van der Waals surface area contributed by atoms with Gasteiger partial charge in [0.25, 0.3) is 5.91 Å². The number of carbonyl (C=O) groups is 1. The fourth-order valence-corrected chi connectivity index (χ4v) is 3.22. The smallest absolute Gasteiger partial charge is 0.291 e. The Bertz CT molecular complexity index is 753. The minimum absolute atomic E-state index is 0.0528. The van der Waals surface area contributed by atoms with E-state index in [0.29, 0.717) is 21.6 Å². The van der Waals surface area contributed by atoms with E-state index in [4.69, 9.17) is 0 Å². The molecule has 1 aromatic heterocycles. The molecule has 1 aliphatic rings. The molecule has 3 N–H and O–H groups in total. The molecule has 114 valence electrons. The van der Waals surface area contributed by atoms with Gasteiger partial charge in [0.05, 0.1) is 10.7 Å². The Kier molecular flexibility index (Phi) is 4.30. The van der Waals surface area contributed by atoms with Crippen molar-refractivity contribution >= 4 is 44.0 Å². The third-order valence-electron chi connectivity index (χ3n) is 3.27. The van der Waals surface area contributed by atoms with Crippen LogP contribution in [0.2, 0.25) is 0 Å². The molecular formula is C14H12Br2N4O2. The van der Waals surface area contributed by atoms with Gasteiger partial charge in [0.2, 0.25) is 0 Å². The average molecular weight is 428 g/mol. The number of carbonyl (C=O) groups excluding carboxylic acids is 1. The molecule has 1 amide bonds. The topological polar surface area (TPSA) is 90.4 Å². The standard InChI is InChI=1S/C14H12Br2N4O2/c15-9-3-8(13(21)10(16)4-9)6-17-20-14(22)12-5-11(18-19-12)7-1-2-7/h3-7,21H,1-2H2,(H,18,19)(H,20,22)/b17-6+. The van der Waals surface area contributed by atoms with Crippen molar-refractivity contribution in [1.82, 2.24) is 15.6 Å². The molecule has 1 aliphatic carbocycles. The van der Waals surface area contributed by atoms with Crippen molar-refractivity contribution in [3.8, 4) is 5.75 Å². The number of hydrogen-bond acceptors (Lipinski definition) is 4. The van der Waals surface area contributed by atoms with Crippen LogP contribution in [0.3, 0.4) is 0 Å². The van der Waals surface area contributed by atoms with Crippen LogP contribution in [0, 0.1) is 0 Å². The highest BCUT2D eigenvalue weighted by Crippen LogP contribution is 2.39. The molecule has 0 aliphatic heterocycles. The number of phenolic OH excluding ortho intramolecular Hbond substituents is 1. The molecule has 0 atom stereocenters. The first-order valence-corrected chi connectivity index (χ1v) is 8.20. The number of aromatic amines is 1. The minimum Gasteiger partial charge on any atom is -0.506 e. The number of nitrogens with zero attached hydrogens (tertiary/aromatic N) is 2. The molecule has 2 aromatic rings. The highest BCUT2D eigenvalue weighted by Gasteiger charge is 2.26. The summed E-state index contributed by atoms with van der Waals surface area (Å²) < 4.78 is 1.32. The summed E-state index contributed by atoms with van der Waals surface area (Å²) in [5.41, 5.74) is 4.16. The first-order chi connectivity index (χ1) is 10.5. The van der Waals surface area contributed by atoms with Crippen molar-refractivity contribution in [2.75, 3.05) is 0 Å². The van der Waals surface area contributed by atoms with Crippen LogP contribution in [0.5, 0.6) is 5.75 Å². The molecule has 0 radical (unpaired) electrons. The van der Waals surface area contributed by atoms with Crippen LogP contribution < -0.4 is 5.43 Å². The van der Waals surface area contributed by atoms with Gasteiger partial charge in [0.1, 0.15) is 5.75 Å². The van der Waals surface area contributed by atoms with Crippen LogP contribution in [-0.4, -0.2) is 27.4 Å². The van der Waals surface area contributed by atoms with Crippen molar-refractivity contribution in [3.05, 3.63) is 44.1 Å². The number of aromatic hydroxyl groups is 1. The minimum atomic E-state index is -0.395. The summed E-state index contributed by atoms with van der Waals surface area (Å²) in [5.74, 6) is 0.165. The van der Waals surface area contributed by atoms with Crippen molar-refractivity contribution in [1.29, 1.82) is 0 Å². The monoisotopic (exact) mass is 426 g/mol. The molecule has 0 spiro atoms. The zero-order valence-corrected chi connectivity index (χ0v) is 14.5. The summed E-state index contributed by atoms with van der Waals surface area (Å²) in [5, 5.41) is 20.6. The highest BCUT2D eigenvalue weighted by atomic mass is 79.9. The Morgan fingerprint density at radius 2 is 2.18 bits per heavy atom. The van der Waals surface area contributed by atoms with Gasteiger partial charge >= 0.3 is 0 Å². The lowest BCUT2D eigenvalue weighted by atomic mass is 10.2. The quantitative estimate of drug-likeness (QED) is 0.516. The predicted molar refractivity (Wildman–Crippen MR) is 89.1 cm³/mol. The van der Waals surface area contributed by atoms with Gasteiger partial charge in [0.15, 0.2) is 5.69 Å². The molecule has 1 heterocycles. The number of benzene rings is 1. The summed E-state index contributed by atoms with van der Waals surface area (Å²) in [4.78, 5) is 11.9. The number of hydrazone groups is 1. The molecule has 0 saturated heterocycles. The lowest BCUT2D eigenvalue weighted by Crippen LogP contribution is -2.18. The Labute approximate surface area is 143 Å². The van der Waals surface area contributed by atoms with Gasteiger partial charge in [-0.15, -0.1) is 0 Å². The zero-order chi connectivity index (χ0) is 15.7. The number of H-pyrrole nitrogens is 1. The predicted octanol–water partition coefficient (Wildman–Crippen LogP) is 3.28. The van der Waals surface area contributed by atoms with Gasteiger partial charge in [-0.2, -0.15) is 10.2 Å². The molecule has 1 fully saturated rings. The van der Waals surface area contributed by atoms with Gasteiger partial charge in [0, 0.05) is 21.6 Å². The third-order valence-corrected chi connectivity index (χ3v) is 4.34. The summed E-state index contributed by atoms with van der Waals surface area (Å²) in [7, 11) is 0. The number of aromatic nitrogens is 2. The summed E-state index contributed by atoms with van der Waals surface area (Å²) in [6.45, 7) is 0. The maximum absolute atomic E-state index is 11.9. The number of phenols is 1. The van der Waals surface area contributed by atoms with E-state index < -0.39 is 5.91 Å². The van der Waals surface area contributed by atoms with E-state index in [-0.39, 0.29) is 5.75 Å². The maximum atomic E-state index is 11.9. The van der Waals surface area contributed by atoms with Crippen molar-refractivity contribution in [2.45, 2.75) is 18.8 Å². The number of rotatable bonds is 4. The molecular weight excluding hydrogens is 416 g/mol. The van der Waals surface area contributed by atoms with E-state index in [1.807, 2.05) is 0 Å². The van der Waals surface area contributed by atoms with E-state index in [2.05, 4.69) is 52.6 Å². The maximum Gasteiger partial charge on any atom is 0.291 e. The highest BCUT2D eigenvalue weighted by molar-refractivity contribution is 9.11. The zero-order valence-electron chi connectivity index (χ0n) is 11.3. The second-order valence-electron chi connectivity index (χ2n) is 5.01. The van der Waals surface area contributed by atoms with Gasteiger partial charge in [-0.1, -0.05) is 15.9 Å². The SMILES string of the molecule is O=C(N/N=C/c1cc(Br)cc(Br)c1O)c1cc(C2CC2)[nH]n1. The Hall–Kier alpha value is -1.67. The molecule has 22 heavy (non-hydrogen) atoms. The van der Waals surface area contributed by atoms with Crippen LogP contribution in [0.15, 0.2) is 32.2 Å². The van der Waals surface area contributed by atoms with Gasteiger partial charge in [-0.05, 0) is 47.0 Å². The number of hydrogen-bond donors (Lipinski definition) is 3. The third kappa shape index (κ3) is 3.38. The van der Waals surface area contributed by atoms with Crippen LogP contribution in [0.1, 0.15) is 40.5 Å². The Balaban J connectivity index is 1.67. The largest absolute Gasteiger partial charge is 0.506 e. The fraction of sp³-hybridized carbons (Fsp3) is 0.214. The van der Waals surface area contributed by atoms with Gasteiger partial charge in [-0.25, -0.2) is 5.43 Å². The number of amides is 1. The molecule has 0 bridgehead atoms. The molecule has 3 rings (SSSR count). The number of halogens is 2. The average Bonchev–Trinajstić information content (AvgIpc) is 3.21. The van der Waals surface area contributed by atoms with E-state index >= 15 is 0 Å². The summed E-state index contributed by atoms with van der Waals surface area (Å²) in [6, 6.07) is 5.15. The van der Waals surface area contributed by atoms with Crippen LogP contribution in [0.4, 0.5) is 0 Å². The first-order valence-electron chi connectivity index (χ1n) is 6.61. The fourth-order valence-electron chi connectivity index (χ4n) is 1.96. The van der Waals surface area contributed by atoms with E-state index in [9.17, 15) is 9.90 Å². The van der Waals surface area contributed by atoms with Crippen molar-refractivity contribution in [3.63, 3.8) is 0 Å². The van der Waals surface area contributed by atoms with E-state index in [1.54, 1.807) is 18.2 Å². The second kappa shape index (κ2) is 6.21. The van der Waals surface area contributed by atoms with Crippen LogP contribution >= 0.6 is 31.9 Å². The normalized spacial score (nSPS) is 14.5. The van der Waals surface area contributed by atoms with Crippen molar-refractivity contribution in [2.24, 2.45) is 5.10 Å². The molecule has 0 unspecified atom stereocenters. The molecule has 8 heteroatoms. The Morgan fingerprint density at radius 1 is 1.41 bits per heavy atom. The summed E-state index contributed by atoms with van der Waals surface area (Å²) >= 11 is 6.56. The van der Waals surface area contributed by atoms with E-state index in [0.717, 1.165) is 23.0 Å². The van der Waals surface area contributed by atoms with Gasteiger partial charge in [-0.3, -0.25) is 9.89 Å². The van der Waals surface area contributed by atoms with Crippen LogP contribution in [-0.2, 0) is 0 Å². The second-order valence-corrected chi connectivity index (χ2v) is 6.78. The Morgan fingerprint density at radius 3 is 2.91 bits per heavy atom. The molecule has 1 saturated carbocycles. The van der Waals surface area contributed by atoms with Crippen LogP contribution in [0.25, 0.3) is 0 Å². The molecule has 6 nitrogen and oxygen atoms in total. The molecule has 1 aromatic carbocycles.